The fourth-order valence-electron chi connectivity index (χ4n) is 6.52. The number of aryl methyl sites for hydroxylation is 3. The Labute approximate surface area is 279 Å². The van der Waals surface area contributed by atoms with Crippen LogP contribution in [-0.4, -0.2) is 85.6 Å². The number of benzene rings is 1. The van der Waals surface area contributed by atoms with E-state index < -0.39 is 17.7 Å². The number of carbonyl (C=O) groups is 2. The molecule has 2 atom stereocenters. The van der Waals surface area contributed by atoms with Gasteiger partial charge in [-0.25, -0.2) is 9.78 Å². The fraction of sp³-hybridized carbons (Fsp3) is 0.529. The molecule has 2 amide bonds. The highest BCUT2D eigenvalue weighted by Gasteiger charge is 2.43. The molecule has 2 fully saturated rings. The minimum absolute atomic E-state index is 0.0387. The van der Waals surface area contributed by atoms with Gasteiger partial charge in [0.1, 0.15) is 11.6 Å². The van der Waals surface area contributed by atoms with Crippen LogP contribution in [0.4, 0.5) is 4.79 Å². The highest BCUT2D eigenvalue weighted by molar-refractivity contribution is 9.10. The van der Waals surface area contributed by atoms with Crippen LogP contribution >= 0.6 is 27.5 Å². The number of halogens is 2. The molecule has 240 valence electrons. The first-order valence-electron chi connectivity index (χ1n) is 15.9. The standard InChI is InChI=1S/C34H42BrClN6O3/c1-22-18-39(21-38-22)11-12-41(19-23-5-6-23)32(43)29-20-40(13-14-42(29)33(44)45-34(2,3)4)31-28-10-9-27(36)16-24(28)7-8-25-15-26(35)17-37-30(25)31/h9-10,15-18,21,23,29,31H,5-8,11-14,19-20H2,1-4H3/t29-,31?/m1/s1. The first-order valence-corrected chi connectivity index (χ1v) is 17.1. The molecule has 3 heterocycles. The molecule has 0 bridgehead atoms. The van der Waals surface area contributed by atoms with Crippen molar-refractivity contribution in [3.63, 3.8) is 0 Å². The average Bonchev–Trinajstić information content (AvgIpc) is 3.74. The molecule has 2 aromatic heterocycles. The first-order chi connectivity index (χ1) is 21.4. The van der Waals surface area contributed by atoms with Crippen LogP contribution in [-0.2, 0) is 28.9 Å². The zero-order valence-electron chi connectivity index (χ0n) is 26.5. The Morgan fingerprint density at radius 2 is 1.89 bits per heavy atom. The van der Waals surface area contributed by atoms with Crippen LogP contribution in [0.2, 0.25) is 5.02 Å². The summed E-state index contributed by atoms with van der Waals surface area (Å²) in [5, 5.41) is 0.708. The summed E-state index contributed by atoms with van der Waals surface area (Å²) in [5.74, 6) is 0.462. The van der Waals surface area contributed by atoms with Gasteiger partial charge < -0.3 is 14.2 Å². The number of hydrogen-bond acceptors (Lipinski definition) is 6. The Kier molecular flexibility index (Phi) is 9.28. The van der Waals surface area contributed by atoms with E-state index >= 15 is 0 Å². The van der Waals surface area contributed by atoms with Crippen LogP contribution in [0, 0.1) is 12.8 Å². The van der Waals surface area contributed by atoms with E-state index in [9.17, 15) is 9.59 Å². The van der Waals surface area contributed by atoms with E-state index in [1.54, 1.807) is 4.90 Å². The van der Waals surface area contributed by atoms with Gasteiger partial charge in [-0.2, -0.15) is 0 Å². The maximum Gasteiger partial charge on any atom is 0.411 e. The van der Waals surface area contributed by atoms with Crippen molar-refractivity contribution >= 4 is 39.5 Å². The van der Waals surface area contributed by atoms with Gasteiger partial charge in [-0.3, -0.25) is 19.6 Å². The molecule has 2 aliphatic carbocycles. The van der Waals surface area contributed by atoms with Crippen LogP contribution in [0.15, 0.2) is 47.5 Å². The number of pyridine rings is 1. The van der Waals surface area contributed by atoms with Gasteiger partial charge in [0.05, 0.1) is 23.8 Å². The Balaban J connectivity index is 1.35. The highest BCUT2D eigenvalue weighted by Crippen LogP contribution is 2.39. The Morgan fingerprint density at radius 1 is 1.11 bits per heavy atom. The summed E-state index contributed by atoms with van der Waals surface area (Å²) in [6.07, 6.45) is 9.14. The molecule has 3 aromatic rings. The summed E-state index contributed by atoms with van der Waals surface area (Å²) < 4.78 is 8.82. The largest absolute Gasteiger partial charge is 0.444 e. The maximum absolute atomic E-state index is 14.6. The van der Waals surface area contributed by atoms with Crippen molar-refractivity contribution in [1.29, 1.82) is 0 Å². The summed E-state index contributed by atoms with van der Waals surface area (Å²) in [6, 6.07) is 7.37. The van der Waals surface area contributed by atoms with Crippen LogP contribution in [0.5, 0.6) is 0 Å². The van der Waals surface area contributed by atoms with E-state index in [2.05, 4.69) is 44.0 Å². The molecule has 1 aliphatic heterocycles. The van der Waals surface area contributed by atoms with E-state index in [1.807, 2.05) is 61.9 Å². The predicted molar refractivity (Wildman–Crippen MR) is 177 cm³/mol. The van der Waals surface area contributed by atoms with Gasteiger partial charge in [-0.15, -0.1) is 0 Å². The van der Waals surface area contributed by atoms with E-state index in [0.717, 1.165) is 47.1 Å². The third kappa shape index (κ3) is 7.55. The molecule has 3 aliphatic rings. The van der Waals surface area contributed by atoms with E-state index in [-0.39, 0.29) is 11.9 Å². The number of ether oxygens (including phenoxy) is 1. The molecule has 0 radical (unpaired) electrons. The third-order valence-corrected chi connectivity index (χ3v) is 9.53. The second-order valence-corrected chi connectivity index (χ2v) is 15.0. The lowest BCUT2D eigenvalue weighted by Crippen LogP contribution is -2.62. The molecule has 11 heteroatoms. The average molecular weight is 698 g/mol. The second kappa shape index (κ2) is 13.0. The molecule has 9 nitrogen and oxygen atoms in total. The van der Waals surface area contributed by atoms with Gasteiger partial charge in [0, 0.05) is 61.2 Å². The normalized spacial score (nSPS) is 20.3. The van der Waals surface area contributed by atoms with Gasteiger partial charge >= 0.3 is 6.09 Å². The Hall–Kier alpha value is -2.95. The zero-order valence-corrected chi connectivity index (χ0v) is 28.9. The fourth-order valence-corrected chi connectivity index (χ4v) is 7.09. The van der Waals surface area contributed by atoms with Gasteiger partial charge in [-0.05, 0) is 110 Å². The van der Waals surface area contributed by atoms with Crippen LogP contribution in [0.3, 0.4) is 0 Å². The van der Waals surface area contributed by atoms with E-state index in [4.69, 9.17) is 21.3 Å². The third-order valence-electron chi connectivity index (χ3n) is 8.86. The molecule has 1 unspecified atom stereocenters. The second-order valence-electron chi connectivity index (χ2n) is 13.6. The van der Waals surface area contributed by atoms with Crippen LogP contribution in [0.1, 0.15) is 67.7 Å². The summed E-state index contributed by atoms with van der Waals surface area (Å²) in [6.45, 7) is 10.7. The molecule has 45 heavy (non-hydrogen) atoms. The zero-order chi connectivity index (χ0) is 31.9. The number of aromatic nitrogens is 3. The summed E-state index contributed by atoms with van der Waals surface area (Å²) in [7, 11) is 0. The number of piperazine rings is 1. The topological polar surface area (TPSA) is 83.8 Å². The molecular formula is C34H42BrClN6O3. The quantitative estimate of drug-likeness (QED) is 0.299. The van der Waals surface area contributed by atoms with Gasteiger partial charge in [0.2, 0.25) is 5.91 Å². The van der Waals surface area contributed by atoms with Crippen molar-refractivity contribution in [1.82, 2.24) is 29.2 Å². The molecule has 1 saturated carbocycles. The summed E-state index contributed by atoms with van der Waals surface area (Å²) >= 11 is 10.1. The SMILES string of the molecule is Cc1cn(CCN(CC2CC2)C(=O)[C@H]2CN(C3c4ccc(Cl)cc4CCc4cc(Br)cnc43)CCN2C(=O)OC(C)(C)C)cn1. The van der Waals surface area contributed by atoms with Gasteiger partial charge in [0.15, 0.2) is 0 Å². The molecule has 6 rings (SSSR count). The number of imidazole rings is 1. The highest BCUT2D eigenvalue weighted by atomic mass is 79.9. The molecule has 1 saturated heterocycles. The van der Waals surface area contributed by atoms with Crippen molar-refractivity contribution in [3.05, 3.63) is 80.6 Å². The lowest BCUT2D eigenvalue weighted by atomic mass is 9.95. The van der Waals surface area contributed by atoms with Crippen LogP contribution in [0.25, 0.3) is 0 Å². The predicted octanol–water partition coefficient (Wildman–Crippen LogP) is 6.05. The number of carbonyl (C=O) groups excluding carboxylic acids is 2. The number of rotatable bonds is 7. The molecule has 1 aromatic carbocycles. The summed E-state index contributed by atoms with van der Waals surface area (Å²) in [5.41, 5.74) is 4.76. The smallest absolute Gasteiger partial charge is 0.411 e. The van der Waals surface area contributed by atoms with E-state index in [0.29, 0.717) is 50.2 Å². The number of nitrogens with zero attached hydrogens (tertiary/aromatic N) is 6. The minimum atomic E-state index is -0.699. The van der Waals surface area contributed by atoms with E-state index in [1.165, 1.54) is 11.1 Å². The Morgan fingerprint density at radius 3 is 2.60 bits per heavy atom. The monoisotopic (exact) mass is 696 g/mol. The molecule has 0 spiro atoms. The lowest BCUT2D eigenvalue weighted by Gasteiger charge is -2.45. The Bertz CT molecular complexity index is 1510. The molecular weight excluding hydrogens is 656 g/mol. The van der Waals surface area contributed by atoms with Crippen molar-refractivity contribution < 1.29 is 14.3 Å². The van der Waals surface area contributed by atoms with Crippen molar-refractivity contribution in [2.75, 3.05) is 32.7 Å². The van der Waals surface area contributed by atoms with Gasteiger partial charge in [-0.1, -0.05) is 17.7 Å². The number of fused-ring (bicyclic) bond motifs is 2. The summed E-state index contributed by atoms with van der Waals surface area (Å²) in [4.78, 5) is 43.5. The minimum Gasteiger partial charge on any atom is -0.444 e. The number of hydrogen-bond donors (Lipinski definition) is 0. The maximum atomic E-state index is 14.6. The van der Waals surface area contributed by atoms with Crippen molar-refractivity contribution in [2.24, 2.45) is 5.92 Å². The first kappa shape index (κ1) is 32.0. The van der Waals surface area contributed by atoms with Crippen molar-refractivity contribution in [2.45, 2.75) is 77.6 Å². The van der Waals surface area contributed by atoms with Crippen molar-refractivity contribution in [3.8, 4) is 0 Å². The van der Waals surface area contributed by atoms with Crippen LogP contribution < -0.4 is 0 Å². The molecule has 0 N–H and O–H groups in total. The number of amides is 2. The lowest BCUT2D eigenvalue weighted by molar-refractivity contribution is -0.140. The van der Waals surface area contributed by atoms with Gasteiger partial charge in [0.25, 0.3) is 0 Å².